The van der Waals surface area contributed by atoms with E-state index in [0.29, 0.717) is 5.56 Å². The summed E-state index contributed by atoms with van der Waals surface area (Å²) in [7, 11) is 1.29. The molecule has 6 heteroatoms. The van der Waals surface area contributed by atoms with Gasteiger partial charge in [-0.2, -0.15) is 8.78 Å². The first kappa shape index (κ1) is 15.4. The van der Waals surface area contributed by atoms with Gasteiger partial charge in [-0.25, -0.2) is 0 Å². The number of esters is 1. The number of para-hydroxylation sites is 1. The number of carbonyl (C=O) groups is 1. The van der Waals surface area contributed by atoms with Gasteiger partial charge in [0, 0.05) is 11.6 Å². The molecule has 1 aromatic carbocycles. The minimum Gasteiger partial charge on any atom is -0.468 e. The molecule has 0 radical (unpaired) electrons. The van der Waals surface area contributed by atoms with E-state index in [1.54, 1.807) is 32.0 Å². The number of methoxy groups -OCH3 is 1. The van der Waals surface area contributed by atoms with E-state index in [-0.39, 0.29) is 11.8 Å². The van der Waals surface area contributed by atoms with Crippen molar-refractivity contribution in [3.63, 3.8) is 0 Å². The smallest absolute Gasteiger partial charge is 0.387 e. The Morgan fingerprint density at radius 1 is 1.26 bits per heavy atom. The molecule has 2 atom stereocenters. The molecule has 0 aliphatic heterocycles. The van der Waals surface area contributed by atoms with Crippen molar-refractivity contribution in [1.29, 1.82) is 0 Å². The molecule has 106 valence electrons. The van der Waals surface area contributed by atoms with Crippen LogP contribution in [0.2, 0.25) is 0 Å². The SMILES string of the molecule is COC(=O)C(C)NC(C)c1ccccc1OC(F)F. The first-order valence-corrected chi connectivity index (χ1v) is 5.83. The van der Waals surface area contributed by atoms with Crippen LogP contribution in [-0.2, 0) is 9.53 Å². The minimum absolute atomic E-state index is 0.0922. The fourth-order valence-corrected chi connectivity index (χ4v) is 1.75. The van der Waals surface area contributed by atoms with Crippen LogP contribution in [-0.4, -0.2) is 25.7 Å². The van der Waals surface area contributed by atoms with Crippen LogP contribution in [0.3, 0.4) is 0 Å². The summed E-state index contributed by atoms with van der Waals surface area (Å²) >= 11 is 0. The molecule has 0 bridgehead atoms. The Morgan fingerprint density at radius 3 is 2.47 bits per heavy atom. The Labute approximate surface area is 110 Å². The monoisotopic (exact) mass is 273 g/mol. The van der Waals surface area contributed by atoms with E-state index in [2.05, 4.69) is 14.8 Å². The molecule has 0 aliphatic carbocycles. The van der Waals surface area contributed by atoms with E-state index in [4.69, 9.17) is 0 Å². The van der Waals surface area contributed by atoms with Gasteiger partial charge in [-0.3, -0.25) is 10.1 Å². The standard InChI is InChI=1S/C13H17F2NO3/c1-8(16-9(2)12(17)18-3)10-6-4-5-7-11(10)19-13(14)15/h4-9,13,16H,1-3H3. The molecule has 1 aromatic rings. The van der Waals surface area contributed by atoms with E-state index >= 15 is 0 Å². The third kappa shape index (κ3) is 4.48. The number of benzene rings is 1. The molecule has 0 aromatic heterocycles. The van der Waals surface area contributed by atoms with Crippen LogP contribution in [0.15, 0.2) is 24.3 Å². The largest absolute Gasteiger partial charge is 0.468 e. The molecule has 0 saturated heterocycles. The molecule has 0 fully saturated rings. The van der Waals surface area contributed by atoms with Gasteiger partial charge in [-0.15, -0.1) is 0 Å². The van der Waals surface area contributed by atoms with Gasteiger partial charge in [-0.05, 0) is 19.9 Å². The highest BCUT2D eigenvalue weighted by Gasteiger charge is 2.19. The molecule has 0 amide bonds. The second-order valence-corrected chi connectivity index (χ2v) is 4.05. The highest BCUT2D eigenvalue weighted by atomic mass is 19.3. The van der Waals surface area contributed by atoms with Crippen LogP contribution < -0.4 is 10.1 Å². The van der Waals surface area contributed by atoms with E-state index < -0.39 is 18.6 Å². The molecule has 0 heterocycles. The third-order valence-corrected chi connectivity index (χ3v) is 2.66. The van der Waals surface area contributed by atoms with E-state index in [1.165, 1.54) is 13.2 Å². The lowest BCUT2D eigenvalue weighted by atomic mass is 10.1. The van der Waals surface area contributed by atoms with Crippen molar-refractivity contribution in [1.82, 2.24) is 5.32 Å². The maximum absolute atomic E-state index is 12.3. The summed E-state index contributed by atoms with van der Waals surface area (Å²) in [5.74, 6) is -0.325. The Morgan fingerprint density at radius 2 is 1.89 bits per heavy atom. The summed E-state index contributed by atoms with van der Waals surface area (Å²) in [6.07, 6.45) is 0. The van der Waals surface area contributed by atoms with Crippen molar-refractivity contribution in [2.24, 2.45) is 0 Å². The Hall–Kier alpha value is -1.69. The van der Waals surface area contributed by atoms with Crippen LogP contribution >= 0.6 is 0 Å². The van der Waals surface area contributed by atoms with Crippen LogP contribution in [0.25, 0.3) is 0 Å². The van der Waals surface area contributed by atoms with Crippen LogP contribution in [0.4, 0.5) is 8.78 Å². The zero-order valence-electron chi connectivity index (χ0n) is 11.0. The second-order valence-electron chi connectivity index (χ2n) is 4.05. The molecule has 0 spiro atoms. The number of nitrogens with one attached hydrogen (secondary N) is 1. The highest BCUT2D eigenvalue weighted by molar-refractivity contribution is 5.75. The lowest BCUT2D eigenvalue weighted by Crippen LogP contribution is -2.36. The number of carbonyl (C=O) groups excluding carboxylic acids is 1. The van der Waals surface area contributed by atoms with Gasteiger partial charge < -0.3 is 9.47 Å². The number of hydrogen-bond donors (Lipinski definition) is 1. The Bertz CT molecular complexity index is 426. The molecule has 19 heavy (non-hydrogen) atoms. The Kier molecular flexibility index (Phi) is 5.69. The summed E-state index contributed by atoms with van der Waals surface area (Å²) in [4.78, 5) is 11.3. The van der Waals surface area contributed by atoms with Crippen molar-refractivity contribution >= 4 is 5.97 Å². The van der Waals surface area contributed by atoms with Gasteiger partial charge in [0.25, 0.3) is 0 Å². The minimum atomic E-state index is -2.88. The molecule has 2 unspecified atom stereocenters. The molecule has 1 N–H and O–H groups in total. The number of hydrogen-bond acceptors (Lipinski definition) is 4. The van der Waals surface area contributed by atoms with E-state index in [1.807, 2.05) is 0 Å². The summed E-state index contributed by atoms with van der Waals surface area (Å²) < 4.78 is 33.6. The van der Waals surface area contributed by atoms with Crippen LogP contribution in [0, 0.1) is 0 Å². The van der Waals surface area contributed by atoms with Gasteiger partial charge in [0.2, 0.25) is 0 Å². The van der Waals surface area contributed by atoms with Gasteiger partial charge in [0.05, 0.1) is 7.11 Å². The van der Waals surface area contributed by atoms with Gasteiger partial charge >= 0.3 is 12.6 Å². The maximum atomic E-state index is 12.3. The van der Waals surface area contributed by atoms with Crippen molar-refractivity contribution < 1.29 is 23.0 Å². The first-order chi connectivity index (χ1) is 8.95. The fourth-order valence-electron chi connectivity index (χ4n) is 1.75. The number of rotatable bonds is 6. The lowest BCUT2D eigenvalue weighted by molar-refractivity contribution is -0.142. The van der Waals surface area contributed by atoms with Crippen molar-refractivity contribution in [2.45, 2.75) is 32.5 Å². The summed E-state index contributed by atoms with van der Waals surface area (Å²) in [5, 5.41) is 2.96. The molecule has 0 aliphatic rings. The van der Waals surface area contributed by atoms with Crippen molar-refractivity contribution in [2.75, 3.05) is 7.11 Å². The fraction of sp³-hybridized carbons (Fsp3) is 0.462. The molecular formula is C13H17F2NO3. The second kappa shape index (κ2) is 7.04. The van der Waals surface area contributed by atoms with Crippen LogP contribution in [0.1, 0.15) is 25.5 Å². The average Bonchev–Trinajstić information content (AvgIpc) is 2.37. The summed E-state index contributed by atoms with van der Waals surface area (Å²) in [5.41, 5.74) is 0.554. The Balaban J connectivity index is 2.81. The summed E-state index contributed by atoms with van der Waals surface area (Å²) in [6.45, 7) is 0.512. The average molecular weight is 273 g/mol. The van der Waals surface area contributed by atoms with Gasteiger partial charge in [-0.1, -0.05) is 18.2 Å². The zero-order chi connectivity index (χ0) is 14.4. The molecule has 4 nitrogen and oxygen atoms in total. The highest BCUT2D eigenvalue weighted by Crippen LogP contribution is 2.26. The van der Waals surface area contributed by atoms with Crippen molar-refractivity contribution in [3.8, 4) is 5.75 Å². The van der Waals surface area contributed by atoms with Crippen molar-refractivity contribution in [3.05, 3.63) is 29.8 Å². The normalized spacial score (nSPS) is 14.0. The molecular weight excluding hydrogens is 256 g/mol. The third-order valence-electron chi connectivity index (χ3n) is 2.66. The molecule has 0 saturated carbocycles. The number of ether oxygens (including phenoxy) is 2. The quantitative estimate of drug-likeness (QED) is 0.809. The van der Waals surface area contributed by atoms with E-state index in [0.717, 1.165) is 0 Å². The lowest BCUT2D eigenvalue weighted by Gasteiger charge is -2.21. The first-order valence-electron chi connectivity index (χ1n) is 5.83. The van der Waals surface area contributed by atoms with Gasteiger partial charge in [0.15, 0.2) is 0 Å². The topological polar surface area (TPSA) is 47.6 Å². The predicted molar refractivity (Wildman–Crippen MR) is 66.1 cm³/mol. The van der Waals surface area contributed by atoms with Crippen LogP contribution in [0.5, 0.6) is 5.75 Å². The number of halogens is 2. The predicted octanol–water partition coefficient (Wildman–Crippen LogP) is 2.50. The summed E-state index contributed by atoms with van der Waals surface area (Å²) in [6, 6.07) is 5.58. The molecule has 1 rings (SSSR count). The zero-order valence-corrected chi connectivity index (χ0v) is 11.0. The van der Waals surface area contributed by atoms with E-state index in [9.17, 15) is 13.6 Å². The van der Waals surface area contributed by atoms with Gasteiger partial charge in [0.1, 0.15) is 11.8 Å². The maximum Gasteiger partial charge on any atom is 0.387 e. The number of alkyl halides is 2.